The third-order valence-corrected chi connectivity index (χ3v) is 0.824. The number of oxime groups is 2. The summed E-state index contributed by atoms with van der Waals surface area (Å²) in [5, 5.41) is 21.6. The minimum Gasteiger partial charge on any atom is -0.411 e. The van der Waals surface area contributed by atoms with E-state index >= 15 is 0 Å². The smallest absolute Gasteiger partial charge is 0.377 e. The molecule has 0 aromatic heterocycles. The molecular weight excluding hydrogens is 242 g/mol. The van der Waals surface area contributed by atoms with Crippen molar-refractivity contribution in [3.05, 3.63) is 0 Å². The van der Waals surface area contributed by atoms with Crippen molar-refractivity contribution >= 4 is 40.0 Å². The van der Waals surface area contributed by atoms with E-state index in [2.05, 4.69) is 32.8 Å². The summed E-state index contributed by atoms with van der Waals surface area (Å²) < 4.78 is 9.30. The van der Waals surface area contributed by atoms with Crippen molar-refractivity contribution in [2.75, 3.05) is 0 Å². The molecule has 0 aliphatic rings. The van der Waals surface area contributed by atoms with Crippen LogP contribution in [0.25, 0.3) is 0 Å². The van der Waals surface area contributed by atoms with Crippen LogP contribution in [0.2, 0.25) is 0 Å². The second kappa shape index (κ2) is 7.15. The number of rotatable bonds is 1. The third kappa shape index (κ3) is 18.6. The van der Waals surface area contributed by atoms with Crippen LogP contribution in [0.1, 0.15) is 13.8 Å². The SMILES string of the molecule is CC(=NO)C(C)=NO.O=P(O)(Cl)Cl. The molecule has 3 N–H and O–H groups in total. The Balaban J connectivity index is 0. The van der Waals surface area contributed by atoms with Crippen molar-refractivity contribution in [2.45, 2.75) is 13.8 Å². The highest BCUT2D eigenvalue weighted by atomic mass is 35.9. The zero-order valence-electron chi connectivity index (χ0n) is 6.85. The second-order valence-corrected chi connectivity index (χ2v) is 5.94. The molecule has 0 rings (SSSR count). The first-order chi connectivity index (χ1) is 5.72. The average molecular weight is 251 g/mol. The molecular formula is C4H9Cl2N2O4P. The van der Waals surface area contributed by atoms with Gasteiger partial charge < -0.3 is 15.3 Å². The van der Waals surface area contributed by atoms with E-state index in [0.29, 0.717) is 11.4 Å². The summed E-state index contributed by atoms with van der Waals surface area (Å²) in [6, 6.07) is 0. The van der Waals surface area contributed by atoms with Crippen LogP contribution in [0, 0.1) is 0 Å². The van der Waals surface area contributed by atoms with Gasteiger partial charge in [0.05, 0.1) is 0 Å². The summed E-state index contributed by atoms with van der Waals surface area (Å²) in [5.74, 6) is 0. The van der Waals surface area contributed by atoms with Gasteiger partial charge in [-0.25, -0.2) is 0 Å². The third-order valence-electron chi connectivity index (χ3n) is 0.824. The lowest BCUT2D eigenvalue weighted by atomic mass is 10.3. The minimum atomic E-state index is -3.69. The predicted molar refractivity (Wildman–Crippen MR) is 51.3 cm³/mol. The van der Waals surface area contributed by atoms with Crippen LogP contribution in [0.15, 0.2) is 10.3 Å². The molecule has 9 heteroatoms. The normalized spacial score (nSPS) is 13.3. The molecule has 0 amide bonds. The standard InChI is InChI=1S/C4H8N2O2.Cl2HO2P/c1-3(5-7)4(2)6-8;1-5(2,3)4/h7-8H,1-2H3;(H,3,4). The maximum atomic E-state index is 9.30. The molecule has 0 atom stereocenters. The molecule has 0 aromatic carbocycles. The Morgan fingerprint density at radius 2 is 1.31 bits per heavy atom. The molecule has 0 bridgehead atoms. The quantitative estimate of drug-likeness (QED) is 0.288. The lowest BCUT2D eigenvalue weighted by molar-refractivity contribution is 0.313. The van der Waals surface area contributed by atoms with Crippen molar-refractivity contribution in [1.82, 2.24) is 0 Å². The maximum absolute atomic E-state index is 9.30. The number of hydrogen-bond acceptors (Lipinski definition) is 5. The maximum Gasteiger partial charge on any atom is 0.377 e. The lowest BCUT2D eigenvalue weighted by Gasteiger charge is -1.88. The molecule has 0 saturated heterocycles. The largest absolute Gasteiger partial charge is 0.411 e. The van der Waals surface area contributed by atoms with Gasteiger partial charge >= 0.3 is 6.07 Å². The minimum absolute atomic E-state index is 0.313. The van der Waals surface area contributed by atoms with Gasteiger partial charge in [0, 0.05) is 0 Å². The average Bonchev–Trinajstić information content (AvgIpc) is 1.98. The van der Waals surface area contributed by atoms with Crippen molar-refractivity contribution in [3.63, 3.8) is 0 Å². The fraction of sp³-hybridized carbons (Fsp3) is 0.500. The van der Waals surface area contributed by atoms with Crippen molar-refractivity contribution in [2.24, 2.45) is 10.3 Å². The van der Waals surface area contributed by atoms with E-state index in [1.165, 1.54) is 13.8 Å². The fourth-order valence-corrected chi connectivity index (χ4v) is 0.145. The summed E-state index contributed by atoms with van der Waals surface area (Å²) in [6.45, 7) is 3.07. The van der Waals surface area contributed by atoms with Crippen LogP contribution in [0.5, 0.6) is 0 Å². The van der Waals surface area contributed by atoms with E-state index < -0.39 is 6.07 Å². The van der Waals surface area contributed by atoms with Crippen LogP contribution in [-0.2, 0) is 4.57 Å². The number of nitrogens with zero attached hydrogens (tertiary/aromatic N) is 2. The molecule has 6 nitrogen and oxygen atoms in total. The van der Waals surface area contributed by atoms with Crippen LogP contribution >= 0.6 is 28.6 Å². The topological polar surface area (TPSA) is 102 Å². The number of hydrogen-bond donors (Lipinski definition) is 3. The molecule has 78 valence electrons. The molecule has 0 aliphatic heterocycles. The van der Waals surface area contributed by atoms with Crippen LogP contribution in [0.4, 0.5) is 0 Å². The first-order valence-corrected chi connectivity index (χ1v) is 6.29. The van der Waals surface area contributed by atoms with Crippen LogP contribution in [-0.4, -0.2) is 26.7 Å². The molecule has 0 aromatic rings. The van der Waals surface area contributed by atoms with Gasteiger partial charge in [0.25, 0.3) is 0 Å². The molecule has 0 fully saturated rings. The van der Waals surface area contributed by atoms with Crippen molar-refractivity contribution in [1.29, 1.82) is 0 Å². The second-order valence-electron chi connectivity index (χ2n) is 1.81. The summed E-state index contributed by atoms with van der Waals surface area (Å²) in [7, 11) is 0. The molecule has 0 unspecified atom stereocenters. The summed E-state index contributed by atoms with van der Waals surface area (Å²) >= 11 is 8.81. The Hall–Kier alpha value is -0.290. The van der Waals surface area contributed by atoms with Crippen molar-refractivity contribution in [3.8, 4) is 0 Å². The van der Waals surface area contributed by atoms with Gasteiger partial charge in [-0.15, -0.1) is 0 Å². The fourth-order valence-electron chi connectivity index (χ4n) is 0.145. The zero-order chi connectivity index (χ0) is 11.1. The predicted octanol–water partition coefficient (Wildman–Crippen LogP) is 2.25. The first kappa shape index (κ1) is 15.2. The highest BCUT2D eigenvalue weighted by Crippen LogP contribution is 2.51. The molecule has 0 heterocycles. The van der Waals surface area contributed by atoms with E-state index in [9.17, 15) is 4.57 Å². The summed E-state index contributed by atoms with van der Waals surface area (Å²) in [4.78, 5) is 7.61. The van der Waals surface area contributed by atoms with E-state index in [1.54, 1.807) is 0 Å². The van der Waals surface area contributed by atoms with Gasteiger partial charge in [-0.3, -0.25) is 4.57 Å². The molecule has 0 spiro atoms. The Bertz CT molecular complexity index is 224. The molecule has 0 radical (unpaired) electrons. The van der Waals surface area contributed by atoms with Gasteiger partial charge in [-0.2, -0.15) is 0 Å². The van der Waals surface area contributed by atoms with Crippen LogP contribution in [0.3, 0.4) is 0 Å². The summed E-state index contributed by atoms with van der Waals surface area (Å²) in [5.41, 5.74) is 0.625. The zero-order valence-corrected chi connectivity index (χ0v) is 9.25. The highest BCUT2D eigenvalue weighted by molar-refractivity contribution is 8.04. The van der Waals surface area contributed by atoms with Crippen molar-refractivity contribution < 1.29 is 19.9 Å². The molecule has 0 saturated carbocycles. The molecule has 0 aliphatic carbocycles. The Morgan fingerprint density at radius 3 is 1.38 bits per heavy atom. The van der Waals surface area contributed by atoms with Gasteiger partial charge in [-0.05, 0) is 36.3 Å². The van der Waals surface area contributed by atoms with E-state index in [-0.39, 0.29) is 0 Å². The van der Waals surface area contributed by atoms with Gasteiger partial charge in [-0.1, -0.05) is 10.3 Å². The van der Waals surface area contributed by atoms with Gasteiger partial charge in [0.15, 0.2) is 0 Å². The van der Waals surface area contributed by atoms with E-state index in [4.69, 9.17) is 15.3 Å². The first-order valence-electron chi connectivity index (χ1n) is 2.82. The summed E-state index contributed by atoms with van der Waals surface area (Å²) in [6.07, 6.45) is -3.69. The van der Waals surface area contributed by atoms with Crippen LogP contribution < -0.4 is 0 Å². The number of halogens is 2. The van der Waals surface area contributed by atoms with E-state index in [1.807, 2.05) is 0 Å². The Kier molecular flexibility index (Phi) is 8.35. The monoisotopic (exact) mass is 250 g/mol. The highest BCUT2D eigenvalue weighted by Gasteiger charge is 2.02. The van der Waals surface area contributed by atoms with E-state index in [0.717, 1.165) is 0 Å². The Morgan fingerprint density at radius 1 is 1.15 bits per heavy atom. The molecule has 13 heavy (non-hydrogen) atoms. The van der Waals surface area contributed by atoms with Gasteiger partial charge in [0.1, 0.15) is 11.4 Å². The van der Waals surface area contributed by atoms with Gasteiger partial charge in [0.2, 0.25) is 0 Å². The Labute approximate surface area is 84.5 Å². The lowest BCUT2D eigenvalue weighted by Crippen LogP contribution is -2.04.